The van der Waals surface area contributed by atoms with Gasteiger partial charge in [-0.3, -0.25) is 0 Å². The Morgan fingerprint density at radius 1 is 1.32 bits per heavy atom. The molecule has 0 aliphatic carbocycles. The van der Waals surface area contributed by atoms with E-state index in [0.29, 0.717) is 24.6 Å². The molecular formula is C18H25FN6. The molecule has 25 heavy (non-hydrogen) atoms. The molecule has 0 saturated carbocycles. The summed E-state index contributed by atoms with van der Waals surface area (Å²) in [5.74, 6) is 1.32. The molecular weight excluding hydrogens is 319 g/mol. The van der Waals surface area contributed by atoms with Crippen molar-refractivity contribution in [2.24, 2.45) is 4.99 Å². The van der Waals surface area contributed by atoms with Crippen LogP contribution in [0.15, 0.2) is 47.7 Å². The Hall–Kier alpha value is -2.70. The van der Waals surface area contributed by atoms with Crippen LogP contribution in [0, 0.1) is 5.82 Å². The summed E-state index contributed by atoms with van der Waals surface area (Å²) >= 11 is 0. The number of hydrogen-bond acceptors (Lipinski definition) is 3. The Balaban J connectivity index is 1.96. The second kappa shape index (κ2) is 9.56. The van der Waals surface area contributed by atoms with Gasteiger partial charge in [-0.15, -0.1) is 10.2 Å². The number of aryl methyl sites for hydroxylation is 1. The van der Waals surface area contributed by atoms with E-state index in [-0.39, 0.29) is 12.4 Å². The second-order valence-electron chi connectivity index (χ2n) is 5.79. The fourth-order valence-electron chi connectivity index (χ4n) is 2.23. The van der Waals surface area contributed by atoms with Gasteiger partial charge < -0.3 is 15.2 Å². The number of halogens is 1. The molecule has 0 amide bonds. The van der Waals surface area contributed by atoms with Crippen molar-refractivity contribution >= 4 is 5.96 Å². The fraction of sp³-hybridized carbons (Fsp3) is 0.389. The third-order valence-corrected chi connectivity index (χ3v) is 3.58. The molecule has 1 aromatic carbocycles. The van der Waals surface area contributed by atoms with Crippen LogP contribution in [0.1, 0.15) is 25.2 Å². The summed E-state index contributed by atoms with van der Waals surface area (Å²) in [6.45, 7) is 10.1. The molecule has 0 spiro atoms. The average molecular weight is 344 g/mol. The third kappa shape index (κ3) is 6.02. The Bertz CT molecular complexity index is 722. The number of hydrogen-bond donors (Lipinski definition) is 2. The van der Waals surface area contributed by atoms with Gasteiger partial charge in [-0.1, -0.05) is 37.3 Å². The lowest BCUT2D eigenvalue weighted by atomic mass is 10.2. The molecule has 0 aliphatic heterocycles. The average Bonchev–Trinajstić information content (AvgIpc) is 3.05. The van der Waals surface area contributed by atoms with Crippen LogP contribution in [-0.2, 0) is 19.5 Å². The van der Waals surface area contributed by atoms with Crippen LogP contribution in [0.2, 0.25) is 0 Å². The number of guanidine groups is 1. The van der Waals surface area contributed by atoms with Gasteiger partial charge >= 0.3 is 0 Å². The van der Waals surface area contributed by atoms with E-state index in [1.807, 2.05) is 18.4 Å². The van der Waals surface area contributed by atoms with E-state index >= 15 is 0 Å². The smallest absolute Gasteiger partial charge is 0.191 e. The molecule has 1 aromatic heterocycles. The maximum absolute atomic E-state index is 13.7. The molecule has 2 aromatic rings. The maximum Gasteiger partial charge on any atom is 0.191 e. The van der Waals surface area contributed by atoms with E-state index in [9.17, 15) is 4.39 Å². The quantitative estimate of drug-likeness (QED) is 0.438. The van der Waals surface area contributed by atoms with Crippen molar-refractivity contribution in [2.75, 3.05) is 13.1 Å². The standard InChI is InChI=1S/C18H25FN6/c1-4-17-24-23-13-25(17)10-9-20-18(21-11-14(2)3)22-12-15-7-5-6-8-16(15)19/h5-8,13H,2,4,9-12H2,1,3H3,(H2,20,21,22). The van der Waals surface area contributed by atoms with Gasteiger partial charge in [0.2, 0.25) is 0 Å². The predicted molar refractivity (Wildman–Crippen MR) is 97.8 cm³/mol. The zero-order valence-electron chi connectivity index (χ0n) is 14.8. The lowest BCUT2D eigenvalue weighted by Gasteiger charge is -2.13. The first-order chi connectivity index (χ1) is 12.1. The first kappa shape index (κ1) is 18.6. The van der Waals surface area contributed by atoms with Gasteiger partial charge in [-0.05, 0) is 13.0 Å². The van der Waals surface area contributed by atoms with Crippen LogP contribution < -0.4 is 10.6 Å². The molecule has 0 saturated heterocycles. The molecule has 7 heteroatoms. The van der Waals surface area contributed by atoms with Gasteiger partial charge in [-0.25, -0.2) is 9.38 Å². The Morgan fingerprint density at radius 3 is 2.84 bits per heavy atom. The number of benzene rings is 1. The molecule has 0 atom stereocenters. The molecule has 2 rings (SSSR count). The van der Waals surface area contributed by atoms with Crippen molar-refractivity contribution in [1.82, 2.24) is 25.4 Å². The van der Waals surface area contributed by atoms with Gasteiger partial charge in [0, 0.05) is 31.6 Å². The van der Waals surface area contributed by atoms with E-state index in [0.717, 1.165) is 24.4 Å². The molecule has 1 heterocycles. The summed E-state index contributed by atoms with van der Waals surface area (Å²) in [7, 11) is 0. The van der Waals surface area contributed by atoms with E-state index in [1.165, 1.54) is 6.07 Å². The van der Waals surface area contributed by atoms with Crippen LogP contribution in [0.25, 0.3) is 0 Å². The van der Waals surface area contributed by atoms with Crippen molar-refractivity contribution in [3.05, 3.63) is 59.9 Å². The highest BCUT2D eigenvalue weighted by atomic mass is 19.1. The SMILES string of the molecule is C=C(C)CNC(=NCc1ccccc1F)NCCn1cnnc1CC. The number of aliphatic imine (C=N–C) groups is 1. The Morgan fingerprint density at radius 2 is 2.12 bits per heavy atom. The van der Waals surface area contributed by atoms with Crippen LogP contribution >= 0.6 is 0 Å². The van der Waals surface area contributed by atoms with Crippen LogP contribution in [-0.4, -0.2) is 33.8 Å². The normalized spacial score (nSPS) is 11.4. The Kier molecular flexibility index (Phi) is 7.13. The number of nitrogens with zero attached hydrogens (tertiary/aromatic N) is 4. The molecule has 0 unspecified atom stereocenters. The third-order valence-electron chi connectivity index (χ3n) is 3.58. The summed E-state index contributed by atoms with van der Waals surface area (Å²) in [5, 5.41) is 14.4. The molecule has 0 bridgehead atoms. The summed E-state index contributed by atoms with van der Waals surface area (Å²) in [6.07, 6.45) is 2.56. The van der Waals surface area contributed by atoms with Crippen LogP contribution in [0.4, 0.5) is 4.39 Å². The predicted octanol–water partition coefficient (Wildman–Crippen LogP) is 2.29. The van der Waals surface area contributed by atoms with Gasteiger partial charge in [0.1, 0.15) is 18.0 Å². The summed E-state index contributed by atoms with van der Waals surface area (Å²) in [6, 6.07) is 6.66. The first-order valence-electron chi connectivity index (χ1n) is 8.36. The monoisotopic (exact) mass is 344 g/mol. The van der Waals surface area contributed by atoms with Crippen molar-refractivity contribution < 1.29 is 4.39 Å². The van der Waals surface area contributed by atoms with E-state index < -0.39 is 0 Å². The Labute approximate surface area is 147 Å². The van der Waals surface area contributed by atoms with Crippen molar-refractivity contribution in [3.8, 4) is 0 Å². The number of aromatic nitrogens is 3. The highest BCUT2D eigenvalue weighted by Gasteiger charge is 2.04. The lowest BCUT2D eigenvalue weighted by Crippen LogP contribution is -2.39. The maximum atomic E-state index is 13.7. The molecule has 2 N–H and O–H groups in total. The van der Waals surface area contributed by atoms with E-state index in [2.05, 4.69) is 32.4 Å². The van der Waals surface area contributed by atoms with Gasteiger partial charge in [0.15, 0.2) is 5.96 Å². The highest BCUT2D eigenvalue weighted by Crippen LogP contribution is 2.07. The number of nitrogens with one attached hydrogen (secondary N) is 2. The fourth-order valence-corrected chi connectivity index (χ4v) is 2.23. The zero-order valence-corrected chi connectivity index (χ0v) is 14.8. The van der Waals surface area contributed by atoms with Gasteiger partial charge in [-0.2, -0.15) is 0 Å². The molecule has 0 fully saturated rings. The summed E-state index contributed by atoms with van der Waals surface area (Å²) < 4.78 is 15.7. The molecule has 6 nitrogen and oxygen atoms in total. The van der Waals surface area contributed by atoms with Gasteiger partial charge in [0.25, 0.3) is 0 Å². The number of rotatable bonds is 8. The van der Waals surface area contributed by atoms with Crippen LogP contribution in [0.3, 0.4) is 0 Å². The van der Waals surface area contributed by atoms with Crippen molar-refractivity contribution in [3.63, 3.8) is 0 Å². The summed E-state index contributed by atoms with van der Waals surface area (Å²) in [5.41, 5.74) is 1.55. The van der Waals surface area contributed by atoms with Crippen molar-refractivity contribution in [2.45, 2.75) is 33.4 Å². The van der Waals surface area contributed by atoms with Crippen LogP contribution in [0.5, 0.6) is 0 Å². The summed E-state index contributed by atoms with van der Waals surface area (Å²) in [4.78, 5) is 4.46. The highest BCUT2D eigenvalue weighted by molar-refractivity contribution is 5.80. The zero-order chi connectivity index (χ0) is 18.1. The molecule has 0 radical (unpaired) electrons. The first-order valence-corrected chi connectivity index (χ1v) is 8.36. The topological polar surface area (TPSA) is 67.1 Å². The molecule has 0 aliphatic rings. The molecule has 134 valence electrons. The van der Waals surface area contributed by atoms with Crippen molar-refractivity contribution in [1.29, 1.82) is 0 Å². The second-order valence-corrected chi connectivity index (χ2v) is 5.79. The van der Waals surface area contributed by atoms with E-state index in [1.54, 1.807) is 24.5 Å². The minimum absolute atomic E-state index is 0.248. The minimum Gasteiger partial charge on any atom is -0.355 e. The minimum atomic E-state index is -0.248. The van der Waals surface area contributed by atoms with Gasteiger partial charge in [0.05, 0.1) is 6.54 Å². The lowest BCUT2D eigenvalue weighted by molar-refractivity contribution is 0.609. The largest absolute Gasteiger partial charge is 0.355 e. The van der Waals surface area contributed by atoms with E-state index in [4.69, 9.17) is 0 Å².